The second kappa shape index (κ2) is 6.48. The van der Waals surface area contributed by atoms with Gasteiger partial charge >= 0.3 is 0 Å². The Bertz CT molecular complexity index is 1400. The van der Waals surface area contributed by atoms with Crippen LogP contribution in [0.5, 0.6) is 0 Å². The van der Waals surface area contributed by atoms with Crippen molar-refractivity contribution < 1.29 is 0 Å². The van der Waals surface area contributed by atoms with E-state index in [4.69, 9.17) is 4.98 Å². The average Bonchev–Trinajstić information content (AvgIpc) is 3.50. The third-order valence-electron chi connectivity index (χ3n) is 5.35. The van der Waals surface area contributed by atoms with E-state index in [2.05, 4.69) is 41.1 Å². The van der Waals surface area contributed by atoms with E-state index in [1.165, 1.54) is 0 Å². The molecule has 0 aromatic carbocycles. The zero-order chi connectivity index (χ0) is 20.1. The maximum absolute atomic E-state index is 4.89. The van der Waals surface area contributed by atoms with Crippen LogP contribution >= 0.6 is 0 Å². The van der Waals surface area contributed by atoms with Crippen LogP contribution in [0.25, 0.3) is 44.9 Å². The molecule has 5 aromatic heterocycles. The smallest absolute Gasteiger partial charge is 0.203 e. The molecule has 0 fully saturated rings. The summed E-state index contributed by atoms with van der Waals surface area (Å²) in [5.74, 6) is 0.903. The summed E-state index contributed by atoms with van der Waals surface area (Å²) in [6.45, 7) is 3.77. The van der Waals surface area contributed by atoms with E-state index >= 15 is 0 Å². The number of imidazole rings is 1. The highest BCUT2D eigenvalue weighted by atomic mass is 15.3. The summed E-state index contributed by atoms with van der Waals surface area (Å²) in [6.07, 6.45) is 5.62. The molecule has 6 rings (SSSR count). The average molecular weight is 394 g/mol. The van der Waals surface area contributed by atoms with Gasteiger partial charge in [-0.05, 0) is 37.3 Å². The minimum Gasteiger partial charge on any atom is -0.354 e. The summed E-state index contributed by atoms with van der Waals surface area (Å²) in [7, 11) is 0. The number of aryl methyl sites for hydroxylation is 1. The first-order chi connectivity index (χ1) is 14.8. The minimum atomic E-state index is 0.786. The van der Waals surface area contributed by atoms with Gasteiger partial charge in [0, 0.05) is 42.3 Å². The molecular weight excluding hydrogens is 376 g/mol. The van der Waals surface area contributed by atoms with E-state index in [9.17, 15) is 0 Å². The third kappa shape index (κ3) is 2.65. The number of hydrogen-bond donors (Lipinski definition) is 2. The van der Waals surface area contributed by atoms with E-state index in [-0.39, 0.29) is 0 Å². The molecule has 0 atom stereocenters. The zero-order valence-electron chi connectivity index (χ0n) is 16.3. The van der Waals surface area contributed by atoms with Crippen molar-refractivity contribution in [1.29, 1.82) is 0 Å². The van der Waals surface area contributed by atoms with Gasteiger partial charge in [0.05, 0.1) is 34.3 Å². The van der Waals surface area contributed by atoms with Gasteiger partial charge in [0.25, 0.3) is 0 Å². The fraction of sp³-hybridized carbons (Fsp3) is 0.136. The Hall–Kier alpha value is -4.07. The summed E-state index contributed by atoms with van der Waals surface area (Å²) in [5, 5.41) is 10.7. The van der Waals surface area contributed by atoms with Gasteiger partial charge < -0.3 is 9.88 Å². The van der Waals surface area contributed by atoms with Crippen molar-refractivity contribution in [1.82, 2.24) is 34.7 Å². The quantitative estimate of drug-likeness (QED) is 0.484. The summed E-state index contributed by atoms with van der Waals surface area (Å²) in [4.78, 5) is 18.6. The molecule has 5 aromatic rings. The Morgan fingerprint density at radius 3 is 2.87 bits per heavy atom. The molecule has 0 bridgehead atoms. The number of nitrogens with zero attached hydrogens (tertiary/aromatic N) is 6. The van der Waals surface area contributed by atoms with Crippen molar-refractivity contribution >= 4 is 17.0 Å². The van der Waals surface area contributed by atoms with Gasteiger partial charge in [0.2, 0.25) is 5.95 Å². The fourth-order valence-electron chi connectivity index (χ4n) is 3.91. The molecule has 0 amide bonds. The molecule has 0 unspecified atom stereocenters. The van der Waals surface area contributed by atoms with Crippen LogP contribution in [-0.2, 0) is 6.54 Å². The van der Waals surface area contributed by atoms with Gasteiger partial charge in [-0.1, -0.05) is 6.07 Å². The second-order valence-electron chi connectivity index (χ2n) is 7.32. The first-order valence-corrected chi connectivity index (χ1v) is 9.81. The Morgan fingerprint density at radius 1 is 0.967 bits per heavy atom. The van der Waals surface area contributed by atoms with E-state index in [1.807, 2.05) is 55.8 Å². The minimum absolute atomic E-state index is 0.786. The Labute approximate surface area is 172 Å². The Kier molecular flexibility index (Phi) is 3.64. The molecule has 8 heteroatoms. The van der Waals surface area contributed by atoms with Crippen LogP contribution in [0.2, 0.25) is 0 Å². The zero-order valence-corrected chi connectivity index (χ0v) is 16.3. The number of hydrogen-bond acceptors (Lipinski definition) is 6. The maximum Gasteiger partial charge on any atom is 0.203 e. The lowest BCUT2D eigenvalue weighted by atomic mass is 10.1. The van der Waals surface area contributed by atoms with Crippen LogP contribution in [0.3, 0.4) is 0 Å². The lowest BCUT2D eigenvalue weighted by molar-refractivity contribution is 0.817. The number of anilines is 1. The van der Waals surface area contributed by atoms with Gasteiger partial charge in [-0.3, -0.25) is 15.1 Å². The standard InChI is InChI=1S/C22H18N8/c1-13-3-2-4-18(27-13)21-15(11-26-29-21)16-5-6-17-19(28-16)9-14(10-24-17)20-12-25-22-23-7-8-30(20)22/h2-6,9-12H,7-8H2,1H3,(H,23,25)(H,26,29). The predicted octanol–water partition coefficient (Wildman–Crippen LogP) is 3.68. The number of rotatable bonds is 3. The SMILES string of the molecule is Cc1cccc(-c2n[nH]cc2-c2ccc3ncc(-c4cnc5n4CCN5)cc3n2)n1. The summed E-state index contributed by atoms with van der Waals surface area (Å²) >= 11 is 0. The first-order valence-electron chi connectivity index (χ1n) is 9.81. The largest absolute Gasteiger partial charge is 0.354 e. The van der Waals surface area contributed by atoms with Gasteiger partial charge in [-0.25, -0.2) is 9.97 Å². The molecule has 0 saturated heterocycles. The molecule has 1 aliphatic heterocycles. The van der Waals surface area contributed by atoms with Gasteiger partial charge in [-0.15, -0.1) is 0 Å². The van der Waals surface area contributed by atoms with Crippen molar-refractivity contribution in [2.24, 2.45) is 0 Å². The van der Waals surface area contributed by atoms with Crippen LogP contribution in [0.15, 0.2) is 55.0 Å². The lowest BCUT2D eigenvalue weighted by Gasteiger charge is -2.07. The number of fused-ring (bicyclic) bond motifs is 2. The second-order valence-corrected chi connectivity index (χ2v) is 7.32. The van der Waals surface area contributed by atoms with Crippen LogP contribution in [-0.4, -0.2) is 41.2 Å². The molecule has 0 radical (unpaired) electrons. The van der Waals surface area contributed by atoms with Crippen LogP contribution in [0.1, 0.15) is 5.69 Å². The number of aromatic amines is 1. The van der Waals surface area contributed by atoms with E-state index in [0.717, 1.165) is 69.7 Å². The Morgan fingerprint density at radius 2 is 1.93 bits per heavy atom. The van der Waals surface area contributed by atoms with Gasteiger partial charge in [-0.2, -0.15) is 5.10 Å². The van der Waals surface area contributed by atoms with Crippen molar-refractivity contribution in [3.63, 3.8) is 0 Å². The molecule has 2 N–H and O–H groups in total. The molecule has 8 nitrogen and oxygen atoms in total. The lowest BCUT2D eigenvalue weighted by Crippen LogP contribution is -1.97. The Balaban J connectivity index is 1.46. The van der Waals surface area contributed by atoms with Crippen LogP contribution in [0.4, 0.5) is 5.95 Å². The van der Waals surface area contributed by atoms with Gasteiger partial charge in [0.1, 0.15) is 5.69 Å². The number of nitrogens with one attached hydrogen (secondary N) is 2. The normalized spacial score (nSPS) is 12.8. The number of H-pyrrole nitrogens is 1. The number of aromatic nitrogens is 7. The first kappa shape index (κ1) is 16.8. The molecule has 0 aliphatic carbocycles. The third-order valence-corrected chi connectivity index (χ3v) is 5.35. The molecule has 1 aliphatic rings. The van der Waals surface area contributed by atoms with E-state index in [1.54, 1.807) is 0 Å². The van der Waals surface area contributed by atoms with Gasteiger partial charge in [0.15, 0.2) is 0 Å². The van der Waals surface area contributed by atoms with Crippen molar-refractivity contribution in [2.75, 3.05) is 11.9 Å². The molecular formula is C22H18N8. The predicted molar refractivity (Wildman–Crippen MR) is 115 cm³/mol. The summed E-state index contributed by atoms with van der Waals surface area (Å²) < 4.78 is 2.17. The van der Waals surface area contributed by atoms with E-state index < -0.39 is 0 Å². The van der Waals surface area contributed by atoms with E-state index in [0.29, 0.717) is 0 Å². The molecule has 6 heterocycles. The maximum atomic E-state index is 4.89. The van der Waals surface area contributed by atoms with Crippen molar-refractivity contribution in [2.45, 2.75) is 13.5 Å². The highest BCUT2D eigenvalue weighted by molar-refractivity contribution is 5.84. The van der Waals surface area contributed by atoms with Crippen LogP contribution in [0, 0.1) is 6.92 Å². The summed E-state index contributed by atoms with van der Waals surface area (Å²) in [5.41, 5.74) is 8.02. The molecule has 30 heavy (non-hydrogen) atoms. The summed E-state index contributed by atoms with van der Waals surface area (Å²) in [6, 6.07) is 11.9. The van der Waals surface area contributed by atoms with Crippen molar-refractivity contribution in [3.8, 4) is 33.9 Å². The molecule has 0 saturated carbocycles. The monoisotopic (exact) mass is 394 g/mol. The fourth-order valence-corrected chi connectivity index (χ4v) is 3.91. The highest BCUT2D eigenvalue weighted by Crippen LogP contribution is 2.31. The van der Waals surface area contributed by atoms with Crippen LogP contribution < -0.4 is 5.32 Å². The number of pyridine rings is 3. The molecule has 0 spiro atoms. The highest BCUT2D eigenvalue weighted by Gasteiger charge is 2.17. The van der Waals surface area contributed by atoms with Crippen molar-refractivity contribution in [3.05, 3.63) is 60.7 Å². The molecule has 146 valence electrons. The topological polar surface area (TPSA) is 97.2 Å².